The van der Waals surface area contributed by atoms with Crippen molar-refractivity contribution in [1.82, 2.24) is 0 Å². The minimum atomic E-state index is -0.524. The normalized spacial score (nSPS) is 12.8. The number of hydrogen-bond donors (Lipinski definition) is 3. The van der Waals surface area contributed by atoms with Gasteiger partial charge in [-0.3, -0.25) is 0 Å². The van der Waals surface area contributed by atoms with Gasteiger partial charge in [0, 0.05) is 12.1 Å². The number of nitrogen functional groups attached to an aromatic ring is 1. The molecule has 1 aromatic carbocycles. The summed E-state index contributed by atoms with van der Waals surface area (Å²) in [6.45, 7) is 4.08. The van der Waals surface area contributed by atoms with Crippen molar-refractivity contribution in [3.63, 3.8) is 0 Å². The molecule has 0 fully saturated rings. The van der Waals surface area contributed by atoms with Crippen molar-refractivity contribution in [1.29, 1.82) is 0 Å². The van der Waals surface area contributed by atoms with Crippen molar-refractivity contribution in [2.24, 2.45) is 5.92 Å². The summed E-state index contributed by atoms with van der Waals surface area (Å²) in [5, 5.41) is 12.2. The number of aliphatic hydroxyl groups is 1. The van der Waals surface area contributed by atoms with Gasteiger partial charge in [-0.1, -0.05) is 25.4 Å². The minimum Gasteiger partial charge on any atom is -0.397 e. The van der Waals surface area contributed by atoms with E-state index >= 15 is 0 Å². The van der Waals surface area contributed by atoms with Crippen LogP contribution in [0.4, 0.5) is 15.8 Å². The fraction of sp³-hybridized carbons (Fsp3) is 0.500. The first kappa shape index (κ1) is 14.1. The van der Waals surface area contributed by atoms with Gasteiger partial charge in [-0.25, -0.2) is 4.39 Å². The number of nitrogens with one attached hydrogen (secondary N) is 1. The highest BCUT2D eigenvalue weighted by Gasteiger charge is 2.13. The van der Waals surface area contributed by atoms with E-state index < -0.39 is 5.82 Å². The molecule has 5 heteroatoms. The van der Waals surface area contributed by atoms with Crippen molar-refractivity contribution >= 4 is 23.0 Å². The Balaban J connectivity index is 2.82. The molecule has 4 N–H and O–H groups in total. The Hall–Kier alpha value is -1.00. The van der Waals surface area contributed by atoms with Crippen molar-refractivity contribution in [2.45, 2.75) is 26.3 Å². The fourth-order valence-electron chi connectivity index (χ4n) is 1.66. The Morgan fingerprint density at radius 3 is 2.65 bits per heavy atom. The zero-order valence-corrected chi connectivity index (χ0v) is 10.8. The lowest BCUT2D eigenvalue weighted by Gasteiger charge is -2.20. The summed E-state index contributed by atoms with van der Waals surface area (Å²) in [5.74, 6) is -0.0948. The summed E-state index contributed by atoms with van der Waals surface area (Å²) < 4.78 is 13.3. The molecule has 0 heterocycles. The molecular formula is C12H18ClFN2O. The maximum absolute atomic E-state index is 13.3. The van der Waals surface area contributed by atoms with Crippen LogP contribution < -0.4 is 11.1 Å². The van der Waals surface area contributed by atoms with Gasteiger partial charge in [0.1, 0.15) is 5.82 Å². The molecule has 1 unspecified atom stereocenters. The predicted octanol–water partition coefficient (Wildman–Crippen LogP) is 2.88. The highest BCUT2D eigenvalue weighted by Crippen LogP contribution is 2.27. The van der Waals surface area contributed by atoms with Crippen LogP contribution in [0.15, 0.2) is 12.1 Å². The molecular weight excluding hydrogens is 243 g/mol. The molecule has 0 aliphatic carbocycles. The van der Waals surface area contributed by atoms with Gasteiger partial charge in [0.05, 0.1) is 23.0 Å². The summed E-state index contributed by atoms with van der Waals surface area (Å²) >= 11 is 5.61. The van der Waals surface area contributed by atoms with E-state index in [0.717, 1.165) is 6.42 Å². The van der Waals surface area contributed by atoms with Gasteiger partial charge in [0.2, 0.25) is 0 Å². The summed E-state index contributed by atoms with van der Waals surface area (Å²) in [4.78, 5) is 0. The topological polar surface area (TPSA) is 58.3 Å². The Bertz CT molecular complexity index is 385. The molecule has 0 saturated carbocycles. The fourth-order valence-corrected chi connectivity index (χ4v) is 1.83. The van der Waals surface area contributed by atoms with Gasteiger partial charge < -0.3 is 16.2 Å². The van der Waals surface area contributed by atoms with Gasteiger partial charge in [-0.05, 0) is 18.4 Å². The van der Waals surface area contributed by atoms with Crippen LogP contribution in [-0.2, 0) is 0 Å². The highest BCUT2D eigenvalue weighted by molar-refractivity contribution is 6.31. The molecule has 1 aromatic rings. The van der Waals surface area contributed by atoms with Crippen LogP contribution in [0.3, 0.4) is 0 Å². The maximum atomic E-state index is 13.3. The Morgan fingerprint density at radius 1 is 1.47 bits per heavy atom. The van der Waals surface area contributed by atoms with Crippen LogP contribution >= 0.6 is 11.6 Å². The number of halogens is 2. The van der Waals surface area contributed by atoms with Crippen molar-refractivity contribution in [3.8, 4) is 0 Å². The Labute approximate surface area is 106 Å². The SMILES string of the molecule is CC(C)CC(CO)Nc1cc(F)c(Cl)cc1N. The number of anilines is 2. The lowest BCUT2D eigenvalue weighted by Crippen LogP contribution is -2.26. The highest BCUT2D eigenvalue weighted by atomic mass is 35.5. The third-order valence-corrected chi connectivity index (χ3v) is 2.72. The molecule has 0 aromatic heterocycles. The first-order valence-corrected chi connectivity index (χ1v) is 5.93. The molecule has 1 atom stereocenters. The lowest BCUT2D eigenvalue weighted by atomic mass is 10.0. The second-order valence-electron chi connectivity index (χ2n) is 4.51. The van der Waals surface area contributed by atoms with Crippen LogP contribution in [0, 0.1) is 11.7 Å². The monoisotopic (exact) mass is 260 g/mol. The van der Waals surface area contributed by atoms with Gasteiger partial charge in [-0.15, -0.1) is 0 Å². The van der Waals surface area contributed by atoms with E-state index in [0.29, 0.717) is 17.3 Å². The Morgan fingerprint density at radius 2 is 2.12 bits per heavy atom. The smallest absolute Gasteiger partial charge is 0.143 e. The molecule has 17 heavy (non-hydrogen) atoms. The molecule has 96 valence electrons. The van der Waals surface area contributed by atoms with E-state index in [2.05, 4.69) is 19.2 Å². The number of benzene rings is 1. The van der Waals surface area contributed by atoms with Gasteiger partial charge in [0.25, 0.3) is 0 Å². The molecule has 0 spiro atoms. The largest absolute Gasteiger partial charge is 0.397 e. The van der Waals surface area contributed by atoms with Crippen molar-refractivity contribution < 1.29 is 9.50 Å². The van der Waals surface area contributed by atoms with Gasteiger partial charge in [0.15, 0.2) is 0 Å². The zero-order valence-electron chi connectivity index (χ0n) is 10.0. The third kappa shape index (κ3) is 4.06. The molecule has 3 nitrogen and oxygen atoms in total. The summed E-state index contributed by atoms with van der Waals surface area (Å²) in [7, 11) is 0. The molecule has 0 saturated heterocycles. The minimum absolute atomic E-state index is 0.00235. The van der Waals surface area contributed by atoms with E-state index in [9.17, 15) is 9.50 Å². The first-order valence-electron chi connectivity index (χ1n) is 5.56. The second kappa shape index (κ2) is 6.07. The van der Waals surface area contributed by atoms with Crippen LogP contribution in [0.2, 0.25) is 5.02 Å². The van der Waals surface area contributed by atoms with Crippen LogP contribution in [0.1, 0.15) is 20.3 Å². The summed E-state index contributed by atoms with van der Waals surface area (Å²) in [6, 6.07) is 2.47. The number of hydrogen-bond acceptors (Lipinski definition) is 3. The van der Waals surface area contributed by atoms with Crippen molar-refractivity contribution in [2.75, 3.05) is 17.7 Å². The van der Waals surface area contributed by atoms with E-state index in [1.807, 2.05) is 0 Å². The molecule has 0 radical (unpaired) electrons. The maximum Gasteiger partial charge on any atom is 0.143 e. The molecule has 0 aliphatic rings. The van der Waals surface area contributed by atoms with E-state index in [1.165, 1.54) is 12.1 Å². The number of rotatable bonds is 5. The Kier molecular flexibility index (Phi) is 5.02. The van der Waals surface area contributed by atoms with Gasteiger partial charge in [-0.2, -0.15) is 0 Å². The average molecular weight is 261 g/mol. The summed E-state index contributed by atoms with van der Waals surface area (Å²) in [6.07, 6.45) is 0.778. The van der Waals surface area contributed by atoms with Crippen LogP contribution in [-0.4, -0.2) is 17.8 Å². The molecule has 1 rings (SSSR count). The summed E-state index contributed by atoms with van der Waals surface area (Å²) in [5.41, 5.74) is 6.57. The number of nitrogens with two attached hydrogens (primary N) is 1. The van der Waals surface area contributed by atoms with E-state index in [1.54, 1.807) is 0 Å². The van der Waals surface area contributed by atoms with E-state index in [-0.39, 0.29) is 17.7 Å². The predicted molar refractivity (Wildman–Crippen MR) is 69.8 cm³/mol. The first-order chi connectivity index (χ1) is 7.93. The van der Waals surface area contributed by atoms with Gasteiger partial charge >= 0.3 is 0 Å². The lowest BCUT2D eigenvalue weighted by molar-refractivity contribution is 0.259. The molecule has 0 bridgehead atoms. The zero-order chi connectivity index (χ0) is 13.0. The van der Waals surface area contributed by atoms with Crippen LogP contribution in [0.5, 0.6) is 0 Å². The van der Waals surface area contributed by atoms with Crippen molar-refractivity contribution in [3.05, 3.63) is 23.0 Å². The molecule has 0 aliphatic heterocycles. The second-order valence-corrected chi connectivity index (χ2v) is 4.91. The van der Waals surface area contributed by atoms with E-state index in [4.69, 9.17) is 17.3 Å². The number of aliphatic hydroxyl groups excluding tert-OH is 1. The standard InChI is InChI=1S/C12H18ClFN2O/c1-7(2)3-8(6-17)16-12-5-10(14)9(13)4-11(12)15/h4-5,7-8,16-17H,3,6,15H2,1-2H3. The average Bonchev–Trinajstić information content (AvgIpc) is 2.24. The van der Waals surface area contributed by atoms with Crippen LogP contribution in [0.25, 0.3) is 0 Å². The molecule has 0 amide bonds. The quantitative estimate of drug-likeness (QED) is 0.714. The third-order valence-electron chi connectivity index (χ3n) is 2.43.